The highest BCUT2D eigenvalue weighted by molar-refractivity contribution is 8.14. The molecule has 2 unspecified atom stereocenters. The van der Waals surface area contributed by atoms with Gasteiger partial charge in [-0.3, -0.25) is 24.2 Å². The van der Waals surface area contributed by atoms with Crippen molar-refractivity contribution in [3.05, 3.63) is 35.9 Å². The van der Waals surface area contributed by atoms with Gasteiger partial charge in [-0.15, -0.1) is 0 Å². The summed E-state index contributed by atoms with van der Waals surface area (Å²) in [6.45, 7) is 1.52. The van der Waals surface area contributed by atoms with Crippen LogP contribution in [0.15, 0.2) is 30.3 Å². The molecular weight excluding hydrogens is 410 g/mol. The van der Waals surface area contributed by atoms with E-state index in [9.17, 15) is 29.1 Å². The van der Waals surface area contributed by atoms with Gasteiger partial charge in [0.15, 0.2) is 11.2 Å². The number of carbonyl (C=O) groups is 5. The van der Waals surface area contributed by atoms with E-state index < -0.39 is 35.1 Å². The summed E-state index contributed by atoms with van der Waals surface area (Å²) in [5, 5.41) is 13.2. The van der Waals surface area contributed by atoms with Gasteiger partial charge in [0.25, 0.3) is 5.91 Å². The summed E-state index contributed by atoms with van der Waals surface area (Å²) in [6.07, 6.45) is 0.531. The van der Waals surface area contributed by atoms with Crippen molar-refractivity contribution in [2.24, 2.45) is 0 Å². The van der Waals surface area contributed by atoms with Crippen LogP contribution in [0.1, 0.15) is 31.7 Å². The lowest BCUT2D eigenvalue weighted by molar-refractivity contribution is -0.166. The summed E-state index contributed by atoms with van der Waals surface area (Å²) in [4.78, 5) is 61.5. The van der Waals surface area contributed by atoms with Gasteiger partial charge in [-0.2, -0.15) is 0 Å². The molecule has 2 aliphatic rings. The third-order valence-corrected chi connectivity index (χ3v) is 6.09. The lowest BCUT2D eigenvalue weighted by atomic mass is 10.1. The quantitative estimate of drug-likeness (QED) is 0.673. The van der Waals surface area contributed by atoms with Crippen molar-refractivity contribution in [3.8, 4) is 0 Å². The molecule has 0 saturated carbocycles. The zero-order valence-electron chi connectivity index (χ0n) is 16.4. The smallest absolute Gasteiger partial charge is 0.328 e. The molecule has 9 nitrogen and oxygen atoms in total. The van der Waals surface area contributed by atoms with Gasteiger partial charge < -0.3 is 10.4 Å². The van der Waals surface area contributed by atoms with Crippen LogP contribution in [0.25, 0.3) is 0 Å². The Morgan fingerprint density at radius 1 is 1.20 bits per heavy atom. The summed E-state index contributed by atoms with van der Waals surface area (Å²) < 4.78 is 0. The zero-order valence-corrected chi connectivity index (χ0v) is 17.3. The topological polar surface area (TPSA) is 124 Å². The summed E-state index contributed by atoms with van der Waals surface area (Å²) >= 11 is 0.876. The number of benzene rings is 1. The van der Waals surface area contributed by atoms with E-state index >= 15 is 0 Å². The van der Waals surface area contributed by atoms with Crippen molar-refractivity contribution in [1.82, 2.24) is 15.3 Å². The molecule has 0 spiro atoms. The van der Waals surface area contributed by atoms with Crippen LogP contribution >= 0.6 is 11.8 Å². The summed E-state index contributed by atoms with van der Waals surface area (Å²) in [6, 6.07) is 7.03. The van der Waals surface area contributed by atoms with Crippen molar-refractivity contribution >= 4 is 40.6 Å². The highest BCUT2D eigenvalue weighted by atomic mass is 32.2. The molecule has 10 heteroatoms. The molecule has 2 N–H and O–H groups in total. The van der Waals surface area contributed by atoms with Crippen molar-refractivity contribution in [2.45, 2.75) is 49.9 Å². The maximum Gasteiger partial charge on any atom is 0.328 e. The van der Waals surface area contributed by atoms with E-state index in [0.717, 1.165) is 22.3 Å². The number of hydrogen-bond acceptors (Lipinski definition) is 6. The lowest BCUT2D eigenvalue weighted by Crippen LogP contribution is -2.55. The van der Waals surface area contributed by atoms with E-state index in [0.29, 0.717) is 6.42 Å². The Morgan fingerprint density at radius 2 is 1.90 bits per heavy atom. The molecule has 2 aliphatic heterocycles. The molecule has 30 heavy (non-hydrogen) atoms. The van der Waals surface area contributed by atoms with E-state index in [-0.39, 0.29) is 36.8 Å². The summed E-state index contributed by atoms with van der Waals surface area (Å²) in [5.74, 6) is -2.66. The fourth-order valence-electron chi connectivity index (χ4n) is 3.68. The average molecular weight is 433 g/mol. The minimum absolute atomic E-state index is 0.0166. The largest absolute Gasteiger partial charge is 0.480 e. The third-order valence-electron chi connectivity index (χ3n) is 5.09. The molecule has 1 aromatic rings. The Bertz CT molecular complexity index is 861. The molecule has 0 aliphatic carbocycles. The standard InChI is InChI=1S/C20H23N3O6S/c1-12(24)30-16(11-13-5-3-2-4-6-13)18(26)21-14-7-8-17(25)22-10-9-15(20(28)29)23(22)19(14)27/h2-6,14-16H,7-11H2,1H3,(H,21,26)(H,28,29)/t14?,15?,16-/m0/s1. The van der Waals surface area contributed by atoms with Gasteiger partial charge in [0, 0.05) is 26.3 Å². The van der Waals surface area contributed by atoms with Crippen LogP contribution in [-0.4, -0.2) is 67.8 Å². The van der Waals surface area contributed by atoms with Crippen LogP contribution in [0.2, 0.25) is 0 Å². The Kier molecular flexibility index (Phi) is 6.76. The fraction of sp³-hybridized carbons (Fsp3) is 0.450. The normalized spacial score (nSPS) is 22.3. The van der Waals surface area contributed by atoms with Crippen molar-refractivity contribution in [3.63, 3.8) is 0 Å². The van der Waals surface area contributed by atoms with Crippen molar-refractivity contribution in [1.29, 1.82) is 0 Å². The first-order chi connectivity index (χ1) is 14.3. The van der Waals surface area contributed by atoms with Gasteiger partial charge in [0.05, 0.1) is 5.25 Å². The van der Waals surface area contributed by atoms with Crippen LogP contribution in [0.4, 0.5) is 0 Å². The molecular formula is C20H23N3O6S. The number of carboxylic acid groups (broad SMARTS) is 1. The second-order valence-electron chi connectivity index (χ2n) is 7.23. The number of amides is 3. The highest BCUT2D eigenvalue weighted by Crippen LogP contribution is 2.26. The van der Waals surface area contributed by atoms with Gasteiger partial charge in [0.2, 0.25) is 11.8 Å². The predicted octanol–water partition coefficient (Wildman–Crippen LogP) is 0.585. The average Bonchev–Trinajstić information content (AvgIpc) is 3.11. The van der Waals surface area contributed by atoms with Gasteiger partial charge in [-0.1, -0.05) is 42.1 Å². The van der Waals surface area contributed by atoms with Crippen molar-refractivity contribution < 1.29 is 29.1 Å². The second-order valence-corrected chi connectivity index (χ2v) is 8.61. The first kappa shape index (κ1) is 21.8. The van der Waals surface area contributed by atoms with Crippen LogP contribution in [0.5, 0.6) is 0 Å². The highest BCUT2D eigenvalue weighted by Gasteiger charge is 2.47. The number of carboxylic acids is 1. The molecule has 2 heterocycles. The number of thioether (sulfide) groups is 1. The second kappa shape index (κ2) is 9.29. The number of hydrazine groups is 1. The molecule has 1 aromatic carbocycles. The maximum absolute atomic E-state index is 13.0. The lowest BCUT2D eigenvalue weighted by Gasteiger charge is -2.30. The first-order valence-electron chi connectivity index (χ1n) is 9.65. The van der Waals surface area contributed by atoms with Crippen molar-refractivity contribution in [2.75, 3.05) is 6.54 Å². The fourth-order valence-corrected chi connectivity index (χ4v) is 4.53. The van der Waals surface area contributed by atoms with Gasteiger partial charge in [-0.05, 0) is 18.4 Å². The molecule has 3 atom stereocenters. The molecule has 0 aromatic heterocycles. The molecule has 3 amide bonds. The monoisotopic (exact) mass is 433 g/mol. The Hall–Kier alpha value is -2.88. The summed E-state index contributed by atoms with van der Waals surface area (Å²) in [7, 11) is 0. The van der Waals surface area contributed by atoms with E-state index in [4.69, 9.17) is 0 Å². The van der Waals surface area contributed by atoms with Gasteiger partial charge >= 0.3 is 5.97 Å². The number of carbonyl (C=O) groups excluding carboxylic acids is 4. The molecule has 0 radical (unpaired) electrons. The van der Waals surface area contributed by atoms with E-state index in [1.807, 2.05) is 30.3 Å². The Morgan fingerprint density at radius 3 is 2.53 bits per heavy atom. The third kappa shape index (κ3) is 4.81. The first-order valence-corrected chi connectivity index (χ1v) is 10.5. The number of nitrogens with one attached hydrogen (secondary N) is 1. The summed E-state index contributed by atoms with van der Waals surface area (Å²) in [5.41, 5.74) is 0.866. The molecule has 3 rings (SSSR count). The molecule has 2 saturated heterocycles. The Labute approximate surface area is 177 Å². The maximum atomic E-state index is 13.0. The molecule has 2 fully saturated rings. The number of aliphatic carboxylic acids is 1. The van der Waals surface area contributed by atoms with E-state index in [1.165, 1.54) is 11.9 Å². The van der Waals surface area contributed by atoms with Crippen LogP contribution in [0, 0.1) is 0 Å². The number of rotatable bonds is 6. The Balaban J connectivity index is 1.77. The molecule has 160 valence electrons. The number of hydrogen-bond donors (Lipinski definition) is 2. The van der Waals surface area contributed by atoms with Crippen LogP contribution in [0.3, 0.4) is 0 Å². The van der Waals surface area contributed by atoms with Crippen LogP contribution < -0.4 is 5.32 Å². The number of nitrogens with zero attached hydrogens (tertiary/aromatic N) is 2. The van der Waals surface area contributed by atoms with Crippen LogP contribution in [-0.2, 0) is 30.4 Å². The zero-order chi connectivity index (χ0) is 21.8. The number of fused-ring (bicyclic) bond motifs is 1. The SMILES string of the molecule is CC(=O)S[C@@H](Cc1ccccc1)C(=O)NC1CCC(=O)N2CCC(C(=O)O)N2C1=O. The minimum atomic E-state index is -1.19. The van der Waals surface area contributed by atoms with Gasteiger partial charge in [-0.25, -0.2) is 9.80 Å². The van der Waals surface area contributed by atoms with Gasteiger partial charge in [0.1, 0.15) is 6.04 Å². The van der Waals surface area contributed by atoms with E-state index in [1.54, 1.807) is 0 Å². The minimum Gasteiger partial charge on any atom is -0.480 e. The molecule has 0 bridgehead atoms. The predicted molar refractivity (Wildman–Crippen MR) is 108 cm³/mol. The van der Waals surface area contributed by atoms with E-state index in [2.05, 4.69) is 5.32 Å².